The lowest BCUT2D eigenvalue weighted by Gasteiger charge is -2.12. The van der Waals surface area contributed by atoms with Crippen molar-refractivity contribution in [3.05, 3.63) is 0 Å². The number of hydrogen-bond acceptors (Lipinski definition) is 3. The van der Waals surface area contributed by atoms with E-state index in [-0.39, 0.29) is 12.0 Å². The van der Waals surface area contributed by atoms with E-state index < -0.39 is 5.97 Å². The molecule has 14 heavy (non-hydrogen) atoms. The molecule has 1 saturated heterocycles. The molecule has 0 bridgehead atoms. The molecule has 1 unspecified atom stereocenters. The number of amides is 1. The molecule has 80 valence electrons. The summed E-state index contributed by atoms with van der Waals surface area (Å²) in [6, 6.07) is 0. The highest BCUT2D eigenvalue weighted by Crippen LogP contribution is 2.09. The smallest absolute Gasteiger partial charge is 0.409 e. The van der Waals surface area contributed by atoms with Gasteiger partial charge in [-0.05, 0) is 12.8 Å². The summed E-state index contributed by atoms with van der Waals surface area (Å²) in [6.45, 7) is 3.34. The fourth-order valence-corrected chi connectivity index (χ4v) is 1.34. The topological polar surface area (TPSA) is 66.8 Å². The van der Waals surface area contributed by atoms with Crippen LogP contribution in [-0.2, 0) is 9.53 Å². The summed E-state index contributed by atoms with van der Waals surface area (Å²) in [5.41, 5.74) is 0. The van der Waals surface area contributed by atoms with Gasteiger partial charge in [-0.1, -0.05) is 6.92 Å². The molecule has 1 fully saturated rings. The standard InChI is InChI=1S/C9H15NO4/c1-7(8(11)12)3-2-4-10-5-6-14-9(10)13/h7H,2-6H2,1H3,(H,11,12). The number of carboxylic acid groups (broad SMARTS) is 1. The zero-order valence-electron chi connectivity index (χ0n) is 8.23. The summed E-state index contributed by atoms with van der Waals surface area (Å²) < 4.78 is 4.74. The highest BCUT2D eigenvalue weighted by atomic mass is 16.6. The van der Waals surface area contributed by atoms with Crippen molar-refractivity contribution in [2.75, 3.05) is 19.7 Å². The van der Waals surface area contributed by atoms with E-state index in [0.717, 1.165) is 0 Å². The molecule has 0 aliphatic carbocycles. The lowest BCUT2D eigenvalue weighted by molar-refractivity contribution is -0.141. The fourth-order valence-electron chi connectivity index (χ4n) is 1.34. The van der Waals surface area contributed by atoms with Crippen molar-refractivity contribution in [1.29, 1.82) is 0 Å². The molecule has 1 atom stereocenters. The molecule has 1 N–H and O–H groups in total. The van der Waals surface area contributed by atoms with E-state index in [1.54, 1.807) is 11.8 Å². The van der Waals surface area contributed by atoms with Gasteiger partial charge in [-0.3, -0.25) is 4.79 Å². The van der Waals surface area contributed by atoms with Gasteiger partial charge < -0.3 is 14.7 Å². The van der Waals surface area contributed by atoms with E-state index in [1.807, 2.05) is 0 Å². The van der Waals surface area contributed by atoms with Crippen LogP contribution in [0.15, 0.2) is 0 Å². The van der Waals surface area contributed by atoms with Crippen LogP contribution >= 0.6 is 0 Å². The van der Waals surface area contributed by atoms with Crippen LogP contribution in [-0.4, -0.2) is 41.8 Å². The number of aliphatic carboxylic acids is 1. The van der Waals surface area contributed by atoms with Gasteiger partial charge in [-0.15, -0.1) is 0 Å². The first-order chi connectivity index (χ1) is 6.61. The normalized spacial score (nSPS) is 18.1. The Labute approximate surface area is 82.6 Å². The molecule has 1 aliphatic heterocycles. The monoisotopic (exact) mass is 201 g/mol. The van der Waals surface area contributed by atoms with E-state index in [2.05, 4.69) is 0 Å². The van der Waals surface area contributed by atoms with Crippen molar-refractivity contribution < 1.29 is 19.4 Å². The van der Waals surface area contributed by atoms with Crippen molar-refractivity contribution in [3.8, 4) is 0 Å². The maximum absolute atomic E-state index is 11.0. The molecule has 0 aromatic rings. The second-order valence-electron chi connectivity index (χ2n) is 3.48. The number of carbonyl (C=O) groups is 2. The number of rotatable bonds is 5. The number of carbonyl (C=O) groups excluding carboxylic acids is 1. The number of hydrogen-bond donors (Lipinski definition) is 1. The Morgan fingerprint density at radius 2 is 2.43 bits per heavy atom. The van der Waals surface area contributed by atoms with Crippen molar-refractivity contribution in [1.82, 2.24) is 4.90 Å². The van der Waals surface area contributed by atoms with Gasteiger partial charge in [0.2, 0.25) is 0 Å². The molecule has 5 nitrogen and oxygen atoms in total. The Balaban J connectivity index is 2.15. The summed E-state index contributed by atoms with van der Waals surface area (Å²) >= 11 is 0. The third-order valence-electron chi connectivity index (χ3n) is 2.33. The zero-order valence-corrected chi connectivity index (χ0v) is 8.23. The number of ether oxygens (including phenoxy) is 1. The van der Waals surface area contributed by atoms with Gasteiger partial charge in [0.15, 0.2) is 0 Å². The Morgan fingerprint density at radius 1 is 1.71 bits per heavy atom. The second-order valence-corrected chi connectivity index (χ2v) is 3.48. The average Bonchev–Trinajstić information content (AvgIpc) is 2.51. The number of carboxylic acids is 1. The molecule has 0 aromatic heterocycles. The molecule has 0 aromatic carbocycles. The zero-order chi connectivity index (χ0) is 10.6. The number of nitrogens with zero attached hydrogens (tertiary/aromatic N) is 1. The molecule has 0 spiro atoms. The molecule has 1 rings (SSSR count). The summed E-state index contributed by atoms with van der Waals surface area (Å²) in [6.07, 6.45) is 1.02. The van der Waals surface area contributed by atoms with Crippen molar-refractivity contribution >= 4 is 12.1 Å². The minimum Gasteiger partial charge on any atom is -0.481 e. The van der Waals surface area contributed by atoms with Gasteiger partial charge in [-0.2, -0.15) is 0 Å². The molecule has 1 amide bonds. The summed E-state index contributed by atoms with van der Waals surface area (Å²) in [4.78, 5) is 23.1. The Bertz CT molecular complexity index is 229. The van der Waals surface area contributed by atoms with E-state index in [0.29, 0.717) is 32.5 Å². The van der Waals surface area contributed by atoms with Crippen molar-refractivity contribution in [3.63, 3.8) is 0 Å². The van der Waals surface area contributed by atoms with Crippen LogP contribution in [0.1, 0.15) is 19.8 Å². The second kappa shape index (κ2) is 4.83. The van der Waals surface area contributed by atoms with Gasteiger partial charge in [-0.25, -0.2) is 4.79 Å². The molecule has 0 saturated carbocycles. The Morgan fingerprint density at radius 3 is 2.93 bits per heavy atom. The first-order valence-corrected chi connectivity index (χ1v) is 4.75. The van der Waals surface area contributed by atoms with Crippen LogP contribution < -0.4 is 0 Å². The van der Waals surface area contributed by atoms with Crippen LogP contribution in [0.2, 0.25) is 0 Å². The highest BCUT2D eigenvalue weighted by molar-refractivity contribution is 5.70. The van der Waals surface area contributed by atoms with E-state index in [1.165, 1.54) is 0 Å². The van der Waals surface area contributed by atoms with Crippen LogP contribution in [0, 0.1) is 5.92 Å². The van der Waals surface area contributed by atoms with Crippen LogP contribution in [0.3, 0.4) is 0 Å². The third-order valence-corrected chi connectivity index (χ3v) is 2.33. The van der Waals surface area contributed by atoms with Crippen molar-refractivity contribution in [2.45, 2.75) is 19.8 Å². The molecule has 1 aliphatic rings. The number of cyclic esters (lactones) is 1. The lowest BCUT2D eigenvalue weighted by Crippen LogP contribution is -2.26. The minimum absolute atomic E-state index is 0.284. The summed E-state index contributed by atoms with van der Waals surface area (Å²) in [7, 11) is 0. The molecular weight excluding hydrogens is 186 g/mol. The van der Waals surface area contributed by atoms with Gasteiger partial charge >= 0.3 is 12.1 Å². The van der Waals surface area contributed by atoms with Crippen LogP contribution in [0.25, 0.3) is 0 Å². The van der Waals surface area contributed by atoms with Gasteiger partial charge in [0.05, 0.1) is 12.5 Å². The summed E-state index contributed by atoms with van der Waals surface area (Å²) in [5, 5.41) is 8.62. The minimum atomic E-state index is -0.783. The molecule has 5 heteroatoms. The maximum Gasteiger partial charge on any atom is 0.409 e. The van der Waals surface area contributed by atoms with Gasteiger partial charge in [0, 0.05) is 6.54 Å². The quantitative estimate of drug-likeness (QED) is 0.718. The average molecular weight is 201 g/mol. The van der Waals surface area contributed by atoms with Gasteiger partial charge in [0.1, 0.15) is 6.61 Å². The Hall–Kier alpha value is -1.26. The Kier molecular flexibility index (Phi) is 3.73. The lowest BCUT2D eigenvalue weighted by atomic mass is 10.1. The summed E-state index contributed by atoms with van der Waals surface area (Å²) in [5.74, 6) is -1.12. The first kappa shape index (κ1) is 10.8. The highest BCUT2D eigenvalue weighted by Gasteiger charge is 2.21. The molecular formula is C9H15NO4. The van der Waals surface area contributed by atoms with E-state index in [4.69, 9.17) is 9.84 Å². The SMILES string of the molecule is CC(CCCN1CCOC1=O)C(=O)O. The van der Waals surface area contributed by atoms with Crippen LogP contribution in [0.5, 0.6) is 0 Å². The van der Waals surface area contributed by atoms with Crippen molar-refractivity contribution in [2.24, 2.45) is 5.92 Å². The van der Waals surface area contributed by atoms with E-state index >= 15 is 0 Å². The fraction of sp³-hybridized carbons (Fsp3) is 0.778. The largest absolute Gasteiger partial charge is 0.481 e. The van der Waals surface area contributed by atoms with Gasteiger partial charge in [0.25, 0.3) is 0 Å². The predicted octanol–water partition coefficient (Wildman–Crippen LogP) is 0.940. The molecule has 1 heterocycles. The van der Waals surface area contributed by atoms with E-state index in [9.17, 15) is 9.59 Å². The first-order valence-electron chi connectivity index (χ1n) is 4.75. The molecule has 0 radical (unpaired) electrons. The third kappa shape index (κ3) is 2.90. The maximum atomic E-state index is 11.0. The predicted molar refractivity (Wildman–Crippen MR) is 49.0 cm³/mol. The van der Waals surface area contributed by atoms with Crippen LogP contribution in [0.4, 0.5) is 4.79 Å².